The van der Waals surface area contributed by atoms with Crippen molar-refractivity contribution in [1.82, 2.24) is 0 Å². The zero-order chi connectivity index (χ0) is 13.8. The van der Waals surface area contributed by atoms with Gasteiger partial charge in [-0.25, -0.2) is 10.3 Å². The fourth-order valence-electron chi connectivity index (χ4n) is 1.48. The van der Waals surface area contributed by atoms with E-state index in [1.165, 1.54) is 0 Å². The molecule has 0 aromatic heterocycles. The molecule has 2 aromatic rings. The molecule has 0 spiro atoms. The number of hydrogen-bond acceptors (Lipinski definition) is 0. The predicted molar refractivity (Wildman–Crippen MR) is 83.2 cm³/mol. The van der Waals surface area contributed by atoms with Gasteiger partial charge in [-0.3, -0.25) is 0 Å². The highest BCUT2D eigenvalue weighted by atomic mass is 35.5. The van der Waals surface area contributed by atoms with Gasteiger partial charge in [-0.2, -0.15) is 0 Å². The fraction of sp³-hybridized carbons (Fsp3) is 0. The van der Waals surface area contributed by atoms with Gasteiger partial charge in [0.05, 0.1) is 0 Å². The first kappa shape index (κ1) is 17.4. The maximum atomic E-state index is 5.89. The van der Waals surface area contributed by atoms with Crippen LogP contribution in [-0.4, -0.2) is 6.34 Å². The Bertz CT molecular complexity index is 588. The summed E-state index contributed by atoms with van der Waals surface area (Å²) in [6.07, 6.45) is 1.64. The zero-order valence-electron chi connectivity index (χ0n) is 9.93. The van der Waals surface area contributed by atoms with Gasteiger partial charge in [-0.05, 0) is 12.1 Å². The summed E-state index contributed by atoms with van der Waals surface area (Å²) >= 11 is 23.6. The third-order valence-corrected chi connectivity index (χ3v) is 3.08. The van der Waals surface area contributed by atoms with E-state index in [1.54, 1.807) is 42.7 Å². The summed E-state index contributed by atoms with van der Waals surface area (Å²) in [6, 6.07) is 10.4. The molecular weight excluding hydrogens is 361 g/mol. The van der Waals surface area contributed by atoms with Crippen LogP contribution in [0.5, 0.6) is 0 Å². The number of rotatable bonds is 3. The van der Waals surface area contributed by atoms with Crippen LogP contribution in [0.2, 0.25) is 20.1 Å². The van der Waals surface area contributed by atoms with Crippen molar-refractivity contribution in [3.63, 3.8) is 0 Å². The maximum absolute atomic E-state index is 5.89. The van der Waals surface area contributed by atoms with Gasteiger partial charge in [0.2, 0.25) is 6.34 Å². The number of benzene rings is 2. The highest BCUT2D eigenvalue weighted by Crippen LogP contribution is 2.22. The van der Waals surface area contributed by atoms with E-state index >= 15 is 0 Å². The Morgan fingerprint density at radius 2 is 1.20 bits per heavy atom. The van der Waals surface area contributed by atoms with E-state index in [4.69, 9.17) is 46.4 Å². The number of anilines is 1. The van der Waals surface area contributed by atoms with Crippen LogP contribution in [0.15, 0.2) is 36.4 Å². The smallest absolute Gasteiger partial charge is 0.240 e. The first-order valence-corrected chi connectivity index (χ1v) is 6.81. The van der Waals surface area contributed by atoms with Crippen LogP contribution in [-0.2, 0) is 0 Å². The number of halogens is 5. The van der Waals surface area contributed by atoms with E-state index in [2.05, 4.69) is 10.3 Å². The van der Waals surface area contributed by atoms with Gasteiger partial charge < -0.3 is 12.4 Å². The van der Waals surface area contributed by atoms with Crippen molar-refractivity contribution in [3.05, 3.63) is 56.5 Å². The molecule has 0 aliphatic carbocycles. The summed E-state index contributed by atoms with van der Waals surface area (Å²) in [7, 11) is 0. The molecule has 0 saturated heterocycles. The number of hydrogen-bond donors (Lipinski definition) is 2. The molecule has 0 saturated carbocycles. The average molecular weight is 370 g/mol. The Kier molecular flexibility index (Phi) is 6.93. The van der Waals surface area contributed by atoms with Crippen molar-refractivity contribution in [2.24, 2.45) is 0 Å². The van der Waals surface area contributed by atoms with Crippen LogP contribution in [0.25, 0.3) is 0 Å². The van der Waals surface area contributed by atoms with Gasteiger partial charge in [-0.1, -0.05) is 46.4 Å². The summed E-state index contributed by atoms with van der Waals surface area (Å²) in [5.74, 6) is 0. The second-order valence-electron chi connectivity index (χ2n) is 3.75. The van der Waals surface area contributed by atoms with Crippen molar-refractivity contribution in [1.29, 1.82) is 0 Å². The lowest BCUT2D eigenvalue weighted by molar-refractivity contribution is -0.347. The lowest BCUT2D eigenvalue weighted by Gasteiger charge is -1.97. The topological polar surface area (TPSA) is 26.0 Å². The number of nitrogens with one attached hydrogen (secondary N) is 2. The van der Waals surface area contributed by atoms with Crippen LogP contribution in [0.3, 0.4) is 0 Å². The molecule has 2 nitrogen and oxygen atoms in total. The molecule has 2 N–H and O–H groups in total. The Morgan fingerprint density at radius 1 is 0.750 bits per heavy atom. The summed E-state index contributed by atoms with van der Waals surface area (Å²) in [5.41, 5.74) is 1.55. The Morgan fingerprint density at radius 3 is 1.70 bits per heavy atom. The van der Waals surface area contributed by atoms with Crippen molar-refractivity contribution in [3.8, 4) is 0 Å². The van der Waals surface area contributed by atoms with Crippen LogP contribution in [0, 0.1) is 0 Å². The summed E-state index contributed by atoms with van der Waals surface area (Å²) in [5, 5.41) is 5.28. The molecule has 0 atom stereocenters. The third-order valence-electron chi connectivity index (χ3n) is 2.20. The van der Waals surface area contributed by atoms with Crippen molar-refractivity contribution < 1.29 is 17.4 Å². The zero-order valence-corrected chi connectivity index (χ0v) is 13.7. The molecule has 0 aliphatic heterocycles. The van der Waals surface area contributed by atoms with Crippen LogP contribution < -0.4 is 22.7 Å². The van der Waals surface area contributed by atoms with E-state index in [1.807, 2.05) is 0 Å². The van der Waals surface area contributed by atoms with Gasteiger partial charge in [0.25, 0.3) is 0 Å². The molecule has 7 heteroatoms. The molecule has 2 rings (SSSR count). The first-order valence-electron chi connectivity index (χ1n) is 5.30. The lowest BCUT2D eigenvalue weighted by Crippen LogP contribution is -3.00. The van der Waals surface area contributed by atoms with Crippen molar-refractivity contribution in [2.75, 3.05) is 5.32 Å². The molecule has 0 aliphatic rings. The second-order valence-corrected chi connectivity index (χ2v) is 5.50. The summed E-state index contributed by atoms with van der Waals surface area (Å²) < 4.78 is 0. The minimum absolute atomic E-state index is 0. The van der Waals surface area contributed by atoms with E-state index in [-0.39, 0.29) is 12.4 Å². The normalized spacial score (nSPS) is 10.4. The monoisotopic (exact) mass is 368 g/mol. The standard InChI is InChI=1S/C13H8Cl4N2.ClH/c14-8-1-9(15)4-12(3-8)18-7-19-13-5-10(16)2-11(17)6-13;/h1-7H,(H,18,19);1H. The predicted octanol–water partition coefficient (Wildman–Crippen LogP) is 1.16. The molecule has 20 heavy (non-hydrogen) atoms. The van der Waals surface area contributed by atoms with Gasteiger partial charge in [0.15, 0.2) is 0 Å². The quantitative estimate of drug-likeness (QED) is 0.615. The van der Waals surface area contributed by atoms with Crippen LogP contribution >= 0.6 is 46.4 Å². The van der Waals surface area contributed by atoms with Crippen molar-refractivity contribution in [2.45, 2.75) is 0 Å². The van der Waals surface area contributed by atoms with Gasteiger partial charge in [0.1, 0.15) is 11.4 Å². The van der Waals surface area contributed by atoms with Crippen LogP contribution in [0.4, 0.5) is 11.4 Å². The molecule has 2 aromatic carbocycles. The Labute approximate surface area is 143 Å². The van der Waals surface area contributed by atoms with E-state index < -0.39 is 0 Å². The molecule has 0 amide bonds. The maximum Gasteiger partial charge on any atom is 0.240 e. The highest BCUT2D eigenvalue weighted by molar-refractivity contribution is 6.35. The molecule has 106 valence electrons. The fourth-order valence-corrected chi connectivity index (χ4v) is 2.53. The molecule has 0 bridgehead atoms. The summed E-state index contributed by atoms with van der Waals surface area (Å²) in [4.78, 5) is 3.02. The minimum atomic E-state index is 0. The Balaban J connectivity index is 0.00000200. The third kappa shape index (κ3) is 5.39. The second kappa shape index (κ2) is 7.96. The molecule has 0 fully saturated rings. The molecule has 0 heterocycles. The highest BCUT2D eigenvalue weighted by Gasteiger charge is 2.01. The average Bonchev–Trinajstić information content (AvgIpc) is 2.26. The molecule has 0 unspecified atom stereocenters. The molecule has 0 radical (unpaired) electrons. The van der Waals surface area contributed by atoms with E-state index in [0.717, 1.165) is 11.4 Å². The van der Waals surface area contributed by atoms with Gasteiger partial charge >= 0.3 is 0 Å². The van der Waals surface area contributed by atoms with Gasteiger partial charge in [-0.15, -0.1) is 0 Å². The van der Waals surface area contributed by atoms with E-state index in [0.29, 0.717) is 20.1 Å². The molecular formula is C13H9Cl5N2. The van der Waals surface area contributed by atoms with E-state index in [9.17, 15) is 0 Å². The minimum Gasteiger partial charge on any atom is -1.00 e. The van der Waals surface area contributed by atoms with Gasteiger partial charge in [0, 0.05) is 44.4 Å². The van der Waals surface area contributed by atoms with Crippen molar-refractivity contribution >= 4 is 64.1 Å². The summed E-state index contributed by atoms with van der Waals surface area (Å²) in [6.45, 7) is 0. The van der Waals surface area contributed by atoms with Crippen LogP contribution in [0.1, 0.15) is 0 Å². The lowest BCUT2D eigenvalue weighted by atomic mass is 10.3. The largest absolute Gasteiger partial charge is 1.00 e. The first-order chi connectivity index (χ1) is 9.02. The SMILES string of the molecule is Clc1cc(Cl)cc(NC=[NH+]c2cc(Cl)cc(Cl)c2)c1.[Cl-]. The Hall–Kier alpha value is -0.640.